The molecule has 0 saturated carbocycles. The van der Waals surface area contributed by atoms with Crippen molar-refractivity contribution in [3.05, 3.63) is 23.9 Å². The number of aromatic nitrogens is 1. The molecule has 12 heavy (non-hydrogen) atoms. The first kappa shape index (κ1) is 9.07. The molecule has 0 aliphatic carbocycles. The number of nitrogens with one attached hydrogen (secondary N) is 1. The molecule has 0 spiro atoms. The van der Waals surface area contributed by atoms with E-state index in [-0.39, 0.29) is 0 Å². The topological polar surface area (TPSA) is 62.2 Å². The van der Waals surface area contributed by atoms with Gasteiger partial charge in [-0.2, -0.15) is 0 Å². The normalized spacial score (nSPS) is 9.42. The van der Waals surface area contributed by atoms with Crippen LogP contribution in [-0.4, -0.2) is 33.0 Å². The second-order valence-electron chi connectivity index (χ2n) is 2.19. The molecule has 1 aromatic heterocycles. The molecule has 0 fully saturated rings. The van der Waals surface area contributed by atoms with Crippen LogP contribution in [0.25, 0.3) is 0 Å². The summed E-state index contributed by atoms with van der Waals surface area (Å²) in [7, 11) is 0. The second kappa shape index (κ2) is 4.12. The molecule has 0 bridgehead atoms. The number of hydrogen-bond acceptors (Lipinski definition) is 2. The van der Waals surface area contributed by atoms with E-state index < -0.39 is 6.09 Å². The summed E-state index contributed by atoms with van der Waals surface area (Å²) in [5, 5.41) is 11.5. The minimum atomic E-state index is -1.09. The summed E-state index contributed by atoms with van der Waals surface area (Å²) in [6.07, 6.45) is 0.587. The fourth-order valence-electron chi connectivity index (χ4n) is 0.729. The van der Waals surface area contributed by atoms with Crippen molar-refractivity contribution >= 4 is 28.8 Å². The Balaban J connectivity index is 2.71. The molecule has 0 aliphatic rings. The Morgan fingerprint density at radius 3 is 2.83 bits per heavy atom. The van der Waals surface area contributed by atoms with Crippen LogP contribution in [0.15, 0.2) is 18.3 Å². The number of amides is 1. The van der Waals surface area contributed by atoms with Gasteiger partial charge in [0.05, 0.1) is 0 Å². The maximum atomic E-state index is 10.2. The summed E-state index contributed by atoms with van der Waals surface area (Å²) in [6.45, 7) is 0. The van der Waals surface area contributed by atoms with Crippen molar-refractivity contribution < 1.29 is 9.90 Å². The van der Waals surface area contributed by atoms with Crippen molar-refractivity contribution in [2.45, 2.75) is 5.21 Å². The van der Waals surface area contributed by atoms with E-state index in [0.717, 1.165) is 10.8 Å². The Bertz CT molecular complexity index is 273. The zero-order valence-corrected chi connectivity index (χ0v) is 8.74. The van der Waals surface area contributed by atoms with Crippen molar-refractivity contribution in [2.75, 3.05) is 5.32 Å². The molecule has 1 unspecified atom stereocenters. The summed E-state index contributed by atoms with van der Waals surface area (Å²) < 4.78 is 0. The zero-order valence-electron chi connectivity index (χ0n) is 6.32. The zero-order chi connectivity index (χ0) is 8.97. The van der Waals surface area contributed by atoms with Crippen LogP contribution < -0.4 is 5.32 Å². The van der Waals surface area contributed by atoms with Crippen molar-refractivity contribution in [3.63, 3.8) is 0 Å². The molecule has 0 aliphatic heterocycles. The summed E-state index contributed by atoms with van der Waals surface area (Å²) >= 11 is 1.60. The molecule has 1 heterocycles. The number of carboxylic acid groups (broad SMARTS) is 1. The van der Waals surface area contributed by atoms with Gasteiger partial charge >= 0.3 is 78.1 Å². The Kier molecular flexibility index (Phi) is 3.11. The number of hydrogen-bond donors (Lipinski definition) is 2. The SMILES string of the molecule is O=C(O)Nc1ccc(C[AsH2])cn1. The summed E-state index contributed by atoms with van der Waals surface area (Å²) in [4.78, 5) is 14.1. The van der Waals surface area contributed by atoms with Gasteiger partial charge in [-0.3, -0.25) is 0 Å². The molecule has 0 aromatic carbocycles. The van der Waals surface area contributed by atoms with Crippen molar-refractivity contribution in [2.24, 2.45) is 0 Å². The summed E-state index contributed by atoms with van der Waals surface area (Å²) in [5.41, 5.74) is 1.12. The molecule has 1 rings (SSSR count). The maximum absolute atomic E-state index is 10.2. The Morgan fingerprint density at radius 2 is 2.42 bits per heavy atom. The van der Waals surface area contributed by atoms with E-state index >= 15 is 0 Å². The molecule has 1 aromatic rings. The van der Waals surface area contributed by atoms with Crippen LogP contribution in [0.3, 0.4) is 0 Å². The first-order chi connectivity index (χ1) is 5.72. The van der Waals surface area contributed by atoms with Crippen molar-refractivity contribution in [3.8, 4) is 0 Å². The quantitative estimate of drug-likeness (QED) is 0.716. The molecule has 1 atom stereocenters. The Labute approximate surface area is 78.5 Å². The Morgan fingerprint density at radius 1 is 1.67 bits per heavy atom. The third-order valence-electron chi connectivity index (χ3n) is 1.30. The fourth-order valence-corrected chi connectivity index (χ4v) is 1.24. The van der Waals surface area contributed by atoms with Gasteiger partial charge in [-0.15, -0.1) is 0 Å². The molecular formula is C7H9AsN2O2. The van der Waals surface area contributed by atoms with Gasteiger partial charge in [-0.25, -0.2) is 0 Å². The van der Waals surface area contributed by atoms with E-state index in [4.69, 9.17) is 5.11 Å². The molecule has 5 heteroatoms. The van der Waals surface area contributed by atoms with Gasteiger partial charge in [0.25, 0.3) is 0 Å². The minimum absolute atomic E-state index is 0.368. The summed E-state index contributed by atoms with van der Waals surface area (Å²) in [6, 6.07) is 3.52. The third kappa shape index (κ3) is 2.55. The fraction of sp³-hybridized carbons (Fsp3) is 0.143. The van der Waals surface area contributed by atoms with Gasteiger partial charge < -0.3 is 0 Å². The first-order valence-electron chi connectivity index (χ1n) is 3.37. The van der Waals surface area contributed by atoms with Gasteiger partial charge in [0.15, 0.2) is 0 Å². The number of carbonyl (C=O) groups is 1. The average molecular weight is 228 g/mol. The van der Waals surface area contributed by atoms with E-state index in [9.17, 15) is 4.79 Å². The van der Waals surface area contributed by atoms with Gasteiger partial charge in [0.2, 0.25) is 0 Å². The van der Waals surface area contributed by atoms with E-state index in [1.54, 1.807) is 29.1 Å². The van der Waals surface area contributed by atoms with Crippen LogP contribution in [0.1, 0.15) is 5.56 Å². The Hall–Kier alpha value is -1.02. The van der Waals surface area contributed by atoms with Gasteiger partial charge in [0.1, 0.15) is 0 Å². The summed E-state index contributed by atoms with van der Waals surface area (Å²) in [5.74, 6) is 0.368. The number of pyridine rings is 1. The number of anilines is 1. The molecule has 2 N–H and O–H groups in total. The molecule has 0 saturated heterocycles. The molecule has 1 amide bonds. The van der Waals surface area contributed by atoms with Crippen molar-refractivity contribution in [1.29, 1.82) is 0 Å². The van der Waals surface area contributed by atoms with Crippen molar-refractivity contribution in [1.82, 2.24) is 4.98 Å². The molecule has 0 radical (unpaired) electrons. The van der Waals surface area contributed by atoms with Crippen LogP contribution >= 0.6 is 0 Å². The average Bonchev–Trinajstić information content (AvgIpc) is 2.05. The molecule has 64 valence electrons. The van der Waals surface area contributed by atoms with Gasteiger partial charge in [-0.05, 0) is 0 Å². The first-order valence-corrected chi connectivity index (χ1v) is 5.08. The second-order valence-corrected chi connectivity index (χ2v) is 3.04. The van der Waals surface area contributed by atoms with Gasteiger partial charge in [-0.1, -0.05) is 0 Å². The standard InChI is InChI=1S/C7H9AsN2O2/c8-3-5-1-2-6(9-4-5)10-7(11)12/h1-2,4H,3,8H2,(H,9,10)(H,11,12). The van der Waals surface area contributed by atoms with Gasteiger partial charge in [0, 0.05) is 0 Å². The monoisotopic (exact) mass is 228 g/mol. The van der Waals surface area contributed by atoms with Crippen LogP contribution in [0.5, 0.6) is 0 Å². The molecular weight excluding hydrogens is 219 g/mol. The third-order valence-corrected chi connectivity index (χ3v) is 2.28. The van der Waals surface area contributed by atoms with E-state index in [0.29, 0.717) is 5.82 Å². The van der Waals surface area contributed by atoms with Crippen LogP contribution in [0.4, 0.5) is 10.6 Å². The number of nitrogens with zero attached hydrogens (tertiary/aromatic N) is 1. The predicted molar refractivity (Wildman–Crippen MR) is 48.1 cm³/mol. The predicted octanol–water partition coefficient (Wildman–Crippen LogP) is 0.305. The van der Waals surface area contributed by atoms with E-state index in [1.165, 1.54) is 0 Å². The number of rotatable bonds is 2. The van der Waals surface area contributed by atoms with Crippen LogP contribution in [-0.2, 0) is 5.21 Å². The molecule has 4 nitrogen and oxygen atoms in total. The van der Waals surface area contributed by atoms with E-state index in [2.05, 4.69) is 10.3 Å². The van der Waals surface area contributed by atoms with Crippen LogP contribution in [0.2, 0.25) is 0 Å². The van der Waals surface area contributed by atoms with E-state index in [1.807, 2.05) is 6.07 Å². The van der Waals surface area contributed by atoms with Crippen LogP contribution in [0, 0.1) is 0 Å².